The second-order valence-corrected chi connectivity index (χ2v) is 1.39. The molecule has 1 aromatic rings. The highest BCUT2D eigenvalue weighted by molar-refractivity contribution is 4.89. The topological polar surface area (TPSA) is 82.8 Å². The molecule has 0 aromatic carbocycles. The molecule has 0 radical (unpaired) electrons. The van der Waals surface area contributed by atoms with Crippen LogP contribution in [0.2, 0.25) is 0 Å². The molecule has 0 aliphatic rings. The molecule has 0 amide bonds. The Morgan fingerprint density at radius 1 is 1.75 bits per heavy atom. The van der Waals surface area contributed by atoms with Crippen molar-refractivity contribution in [2.75, 3.05) is 5.84 Å². The molecule has 0 bridgehead atoms. The van der Waals surface area contributed by atoms with Crippen LogP contribution in [0, 0.1) is 0 Å². The van der Waals surface area contributed by atoms with Crippen molar-refractivity contribution < 1.29 is 0 Å². The molecule has 44 valence electrons. The van der Waals surface area contributed by atoms with Gasteiger partial charge < -0.3 is 11.6 Å². The van der Waals surface area contributed by atoms with Crippen molar-refractivity contribution in [3.05, 3.63) is 11.9 Å². The van der Waals surface area contributed by atoms with E-state index in [1.165, 1.54) is 0 Å². The summed E-state index contributed by atoms with van der Waals surface area (Å²) >= 11 is 0. The van der Waals surface area contributed by atoms with E-state index >= 15 is 0 Å². The zero-order valence-corrected chi connectivity index (χ0v) is 4.28. The van der Waals surface area contributed by atoms with Crippen LogP contribution in [0.15, 0.2) is 6.20 Å². The molecule has 0 aliphatic carbocycles. The highest BCUT2D eigenvalue weighted by Gasteiger charge is 1.90. The van der Waals surface area contributed by atoms with Gasteiger partial charge in [-0.25, -0.2) is 0 Å². The molecule has 0 spiro atoms. The largest absolute Gasteiger partial charge is 0.325 e. The molecular formula is C3H7N5. The SMILES string of the molecule is NCc1cn(N)nn1. The lowest BCUT2D eigenvalue weighted by molar-refractivity contribution is 0.761. The van der Waals surface area contributed by atoms with Crippen molar-refractivity contribution in [2.24, 2.45) is 5.73 Å². The van der Waals surface area contributed by atoms with Crippen LogP contribution in [0.1, 0.15) is 5.69 Å². The Morgan fingerprint density at radius 3 is 2.75 bits per heavy atom. The highest BCUT2D eigenvalue weighted by Crippen LogP contribution is 1.83. The van der Waals surface area contributed by atoms with Gasteiger partial charge in [-0.15, -0.1) is 5.10 Å². The Balaban J connectivity index is 2.84. The number of nitrogen functional groups attached to an aromatic ring is 1. The highest BCUT2D eigenvalue weighted by atomic mass is 15.6. The minimum Gasteiger partial charge on any atom is -0.325 e. The number of hydrogen-bond donors (Lipinski definition) is 2. The van der Waals surface area contributed by atoms with Crippen molar-refractivity contribution in [1.82, 2.24) is 15.1 Å². The molecule has 5 nitrogen and oxygen atoms in total. The van der Waals surface area contributed by atoms with E-state index < -0.39 is 0 Å². The van der Waals surface area contributed by atoms with Crippen molar-refractivity contribution in [1.29, 1.82) is 0 Å². The number of nitrogens with two attached hydrogens (primary N) is 2. The summed E-state index contributed by atoms with van der Waals surface area (Å²) in [6, 6.07) is 0. The van der Waals surface area contributed by atoms with Crippen LogP contribution in [-0.2, 0) is 6.54 Å². The molecule has 1 heterocycles. The number of aromatic nitrogens is 3. The quantitative estimate of drug-likeness (QED) is 0.432. The first-order chi connectivity index (χ1) is 3.83. The molecule has 0 atom stereocenters. The van der Waals surface area contributed by atoms with Gasteiger partial charge in [0.2, 0.25) is 0 Å². The Labute approximate surface area is 46.2 Å². The normalized spacial score (nSPS) is 9.62. The summed E-state index contributed by atoms with van der Waals surface area (Å²) in [6.45, 7) is 0.386. The lowest BCUT2D eigenvalue weighted by Gasteiger charge is -1.79. The Hall–Kier alpha value is -1.10. The fourth-order valence-corrected chi connectivity index (χ4v) is 0.407. The molecular weight excluding hydrogens is 106 g/mol. The number of nitrogens with zero attached hydrogens (tertiary/aromatic N) is 3. The zero-order chi connectivity index (χ0) is 5.98. The molecule has 5 heteroatoms. The third-order valence-electron chi connectivity index (χ3n) is 0.767. The van der Waals surface area contributed by atoms with E-state index in [4.69, 9.17) is 11.6 Å². The van der Waals surface area contributed by atoms with E-state index in [0.717, 1.165) is 4.79 Å². The predicted octanol–water partition coefficient (Wildman–Crippen LogP) is -1.55. The Morgan fingerprint density at radius 2 is 2.50 bits per heavy atom. The second kappa shape index (κ2) is 1.79. The first-order valence-electron chi connectivity index (χ1n) is 2.19. The molecule has 8 heavy (non-hydrogen) atoms. The van der Waals surface area contributed by atoms with E-state index in [9.17, 15) is 0 Å². The molecule has 0 saturated heterocycles. The molecule has 0 fully saturated rings. The standard InChI is InChI=1S/C3H7N5/c4-1-3-2-8(5)7-6-3/h2H,1,4-5H2. The second-order valence-electron chi connectivity index (χ2n) is 1.39. The Kier molecular flexibility index (Phi) is 1.13. The fourth-order valence-electron chi connectivity index (χ4n) is 0.407. The summed E-state index contributed by atoms with van der Waals surface area (Å²) in [5, 5.41) is 7.05. The summed E-state index contributed by atoms with van der Waals surface area (Å²) in [7, 11) is 0. The summed E-state index contributed by atoms with van der Waals surface area (Å²) < 4.78 is 0. The van der Waals surface area contributed by atoms with Crippen LogP contribution in [-0.4, -0.2) is 15.1 Å². The van der Waals surface area contributed by atoms with Gasteiger partial charge in [0.1, 0.15) is 0 Å². The van der Waals surface area contributed by atoms with Crippen LogP contribution in [0.5, 0.6) is 0 Å². The minimum atomic E-state index is 0.386. The number of hydrogen-bond acceptors (Lipinski definition) is 4. The predicted molar refractivity (Wildman–Crippen MR) is 28.1 cm³/mol. The third kappa shape index (κ3) is 0.760. The fraction of sp³-hybridized carbons (Fsp3) is 0.333. The van der Waals surface area contributed by atoms with Crippen molar-refractivity contribution in [2.45, 2.75) is 6.54 Å². The van der Waals surface area contributed by atoms with Crippen molar-refractivity contribution in [3.63, 3.8) is 0 Å². The maximum absolute atomic E-state index is 5.19. The van der Waals surface area contributed by atoms with Gasteiger partial charge in [0, 0.05) is 6.54 Å². The van der Waals surface area contributed by atoms with Gasteiger partial charge in [-0.05, 0) is 5.21 Å². The first kappa shape index (κ1) is 5.04. The minimum absolute atomic E-state index is 0.386. The van der Waals surface area contributed by atoms with Crippen LogP contribution < -0.4 is 11.6 Å². The van der Waals surface area contributed by atoms with Crippen LogP contribution in [0.4, 0.5) is 0 Å². The third-order valence-corrected chi connectivity index (χ3v) is 0.767. The zero-order valence-electron chi connectivity index (χ0n) is 4.28. The van der Waals surface area contributed by atoms with Crippen molar-refractivity contribution in [3.8, 4) is 0 Å². The Bertz CT molecular complexity index is 168. The van der Waals surface area contributed by atoms with E-state index in [2.05, 4.69) is 10.3 Å². The maximum atomic E-state index is 5.19. The van der Waals surface area contributed by atoms with E-state index in [-0.39, 0.29) is 0 Å². The van der Waals surface area contributed by atoms with Gasteiger partial charge in [0.15, 0.2) is 0 Å². The van der Waals surface area contributed by atoms with Crippen LogP contribution >= 0.6 is 0 Å². The van der Waals surface area contributed by atoms with E-state index in [1.807, 2.05) is 0 Å². The lowest BCUT2D eigenvalue weighted by Crippen LogP contribution is -2.07. The van der Waals surface area contributed by atoms with E-state index in [0.29, 0.717) is 12.2 Å². The smallest absolute Gasteiger partial charge is 0.0984 e. The molecule has 1 rings (SSSR count). The van der Waals surface area contributed by atoms with Crippen molar-refractivity contribution >= 4 is 0 Å². The summed E-state index contributed by atoms with van der Waals surface area (Å²) in [5.41, 5.74) is 5.89. The van der Waals surface area contributed by atoms with Gasteiger partial charge >= 0.3 is 0 Å². The lowest BCUT2D eigenvalue weighted by atomic mass is 10.5. The molecule has 0 aliphatic heterocycles. The summed E-state index contributed by atoms with van der Waals surface area (Å²) in [6.07, 6.45) is 1.57. The van der Waals surface area contributed by atoms with Gasteiger partial charge in [0.05, 0.1) is 11.9 Å². The number of rotatable bonds is 1. The molecule has 0 saturated carbocycles. The molecule has 4 N–H and O–H groups in total. The van der Waals surface area contributed by atoms with Gasteiger partial charge in [-0.1, -0.05) is 0 Å². The summed E-state index contributed by atoms with van der Waals surface area (Å²) in [5.74, 6) is 5.14. The van der Waals surface area contributed by atoms with Crippen LogP contribution in [0.25, 0.3) is 0 Å². The average Bonchev–Trinajstić information content (AvgIpc) is 2.14. The molecule has 1 aromatic heterocycles. The maximum Gasteiger partial charge on any atom is 0.0984 e. The molecule has 0 unspecified atom stereocenters. The van der Waals surface area contributed by atoms with Gasteiger partial charge in [-0.3, -0.25) is 0 Å². The summed E-state index contributed by atoms with van der Waals surface area (Å²) in [4.78, 5) is 1.13. The first-order valence-corrected chi connectivity index (χ1v) is 2.19. The van der Waals surface area contributed by atoms with E-state index in [1.54, 1.807) is 6.20 Å². The van der Waals surface area contributed by atoms with Crippen LogP contribution in [0.3, 0.4) is 0 Å². The van der Waals surface area contributed by atoms with Gasteiger partial charge in [-0.2, -0.15) is 4.79 Å². The monoisotopic (exact) mass is 113 g/mol. The average molecular weight is 113 g/mol. The van der Waals surface area contributed by atoms with Gasteiger partial charge in [0.25, 0.3) is 0 Å².